The van der Waals surface area contributed by atoms with E-state index in [2.05, 4.69) is 20.4 Å². The predicted octanol–water partition coefficient (Wildman–Crippen LogP) is 5.19. The number of benzene rings is 2. The summed E-state index contributed by atoms with van der Waals surface area (Å²) < 4.78 is 6.58. The third-order valence-electron chi connectivity index (χ3n) is 6.19. The van der Waals surface area contributed by atoms with Gasteiger partial charge in [-0.15, -0.1) is 0 Å². The molecule has 38 heavy (non-hydrogen) atoms. The van der Waals surface area contributed by atoms with Crippen LogP contribution in [-0.4, -0.2) is 35.8 Å². The van der Waals surface area contributed by atoms with Crippen LogP contribution in [0.1, 0.15) is 40.5 Å². The number of nitrogens with one attached hydrogen (secondary N) is 1. The van der Waals surface area contributed by atoms with E-state index in [1.807, 2.05) is 44.2 Å². The van der Waals surface area contributed by atoms with E-state index in [0.717, 1.165) is 22.3 Å². The molecule has 0 bridgehead atoms. The van der Waals surface area contributed by atoms with Crippen LogP contribution in [0.25, 0.3) is 33.7 Å². The zero-order chi connectivity index (χ0) is 27.1. The number of pyridine rings is 1. The number of rotatable bonds is 6. The number of aryl methyl sites for hydroxylation is 2. The summed E-state index contributed by atoms with van der Waals surface area (Å²) >= 11 is 5.91. The van der Waals surface area contributed by atoms with Crippen molar-refractivity contribution in [1.29, 1.82) is 0 Å². The highest BCUT2D eigenvalue weighted by molar-refractivity contribution is 6.29. The first kappa shape index (κ1) is 25.1. The van der Waals surface area contributed by atoms with Crippen molar-refractivity contribution in [3.8, 4) is 22.8 Å². The number of aromatic carboxylic acids is 1. The molecule has 1 atom stereocenters. The lowest BCUT2D eigenvalue weighted by atomic mass is 10.0. The van der Waals surface area contributed by atoms with Crippen LogP contribution < -0.4 is 10.9 Å². The number of hydrogen-bond donors (Lipinski definition) is 2. The molecular formula is C27H23ClN6O4. The van der Waals surface area contributed by atoms with Gasteiger partial charge in [-0.25, -0.2) is 14.8 Å². The van der Waals surface area contributed by atoms with E-state index < -0.39 is 12.0 Å². The number of hydrogen-bond acceptors (Lipinski definition) is 8. The molecule has 5 aromatic rings. The van der Waals surface area contributed by atoms with Gasteiger partial charge in [-0.05, 0) is 37.6 Å². The van der Waals surface area contributed by atoms with Gasteiger partial charge < -0.3 is 14.9 Å². The Kier molecular flexibility index (Phi) is 6.41. The summed E-state index contributed by atoms with van der Waals surface area (Å²) in [7, 11) is 1.68. The van der Waals surface area contributed by atoms with Crippen LogP contribution in [0.4, 0.5) is 5.69 Å². The number of nitrogens with zero attached hydrogens (tertiary/aromatic N) is 5. The average Bonchev–Trinajstić information content (AvgIpc) is 3.33. The second-order valence-electron chi connectivity index (χ2n) is 8.97. The van der Waals surface area contributed by atoms with Gasteiger partial charge in [-0.3, -0.25) is 9.36 Å². The maximum atomic E-state index is 13.4. The quantitative estimate of drug-likeness (QED) is 0.284. The molecule has 0 radical (unpaired) electrons. The first-order chi connectivity index (χ1) is 18.1. The SMILES string of the molecule is Cc1cc([C@@H](C)Nc2ccc(Cl)nc2C(=O)O)c2nc(-c3ccc(-c4noc(C)n4)cc3)n(C)c(=O)c2c1. The second-order valence-corrected chi connectivity index (χ2v) is 9.35. The Hall–Kier alpha value is -4.57. The van der Waals surface area contributed by atoms with E-state index in [4.69, 9.17) is 21.1 Å². The van der Waals surface area contributed by atoms with Gasteiger partial charge in [0.2, 0.25) is 11.7 Å². The van der Waals surface area contributed by atoms with E-state index in [-0.39, 0.29) is 16.4 Å². The summed E-state index contributed by atoms with van der Waals surface area (Å²) in [5, 5.41) is 17.3. The predicted molar refractivity (Wildman–Crippen MR) is 143 cm³/mol. The second kappa shape index (κ2) is 9.71. The molecule has 0 aliphatic rings. The van der Waals surface area contributed by atoms with E-state index in [1.54, 1.807) is 26.1 Å². The van der Waals surface area contributed by atoms with Crippen molar-refractivity contribution in [1.82, 2.24) is 24.7 Å². The zero-order valence-corrected chi connectivity index (χ0v) is 21.7. The largest absolute Gasteiger partial charge is 0.476 e. The highest BCUT2D eigenvalue weighted by atomic mass is 35.5. The average molecular weight is 531 g/mol. The molecule has 0 aliphatic carbocycles. The van der Waals surface area contributed by atoms with Crippen molar-refractivity contribution in [3.63, 3.8) is 0 Å². The Balaban J connectivity index is 1.60. The lowest BCUT2D eigenvalue weighted by Crippen LogP contribution is -2.22. The lowest BCUT2D eigenvalue weighted by molar-refractivity contribution is 0.0691. The van der Waals surface area contributed by atoms with Gasteiger partial charge in [0.05, 0.1) is 22.6 Å². The third-order valence-corrected chi connectivity index (χ3v) is 6.40. The van der Waals surface area contributed by atoms with Gasteiger partial charge in [0.1, 0.15) is 11.0 Å². The van der Waals surface area contributed by atoms with Crippen LogP contribution in [0, 0.1) is 13.8 Å². The number of carbonyl (C=O) groups is 1. The normalized spacial score (nSPS) is 12.0. The van der Waals surface area contributed by atoms with Gasteiger partial charge in [0, 0.05) is 30.7 Å². The van der Waals surface area contributed by atoms with Crippen molar-refractivity contribution >= 4 is 34.2 Å². The minimum Gasteiger partial charge on any atom is -0.476 e. The number of carboxylic acids is 1. The van der Waals surface area contributed by atoms with Gasteiger partial charge in [0.15, 0.2) is 5.69 Å². The summed E-state index contributed by atoms with van der Waals surface area (Å²) in [6.07, 6.45) is 0. The monoisotopic (exact) mass is 530 g/mol. The summed E-state index contributed by atoms with van der Waals surface area (Å²) in [6.45, 7) is 5.49. The molecule has 0 saturated heterocycles. The molecule has 0 spiro atoms. The highest BCUT2D eigenvalue weighted by Crippen LogP contribution is 2.30. The van der Waals surface area contributed by atoms with Gasteiger partial charge in [-0.1, -0.05) is 47.1 Å². The Labute approximate surface area is 221 Å². The first-order valence-corrected chi connectivity index (χ1v) is 12.1. The molecule has 5 rings (SSSR count). The van der Waals surface area contributed by atoms with Crippen molar-refractivity contribution < 1.29 is 14.4 Å². The van der Waals surface area contributed by atoms with Crippen LogP contribution in [0.5, 0.6) is 0 Å². The van der Waals surface area contributed by atoms with Crippen molar-refractivity contribution in [2.45, 2.75) is 26.8 Å². The van der Waals surface area contributed by atoms with Gasteiger partial charge in [-0.2, -0.15) is 4.98 Å². The number of anilines is 1. The van der Waals surface area contributed by atoms with Crippen molar-refractivity contribution in [2.75, 3.05) is 5.32 Å². The summed E-state index contributed by atoms with van der Waals surface area (Å²) in [5.41, 5.74) is 3.56. The van der Waals surface area contributed by atoms with Crippen LogP contribution >= 0.6 is 11.6 Å². The molecule has 2 N–H and O–H groups in total. The van der Waals surface area contributed by atoms with Crippen LogP contribution in [0.3, 0.4) is 0 Å². The molecule has 0 unspecified atom stereocenters. The number of aromatic nitrogens is 5. The summed E-state index contributed by atoms with van der Waals surface area (Å²) in [6, 6.07) is 13.8. The molecule has 2 aromatic carbocycles. The fourth-order valence-corrected chi connectivity index (χ4v) is 4.50. The Morgan fingerprint density at radius 2 is 1.76 bits per heavy atom. The fourth-order valence-electron chi connectivity index (χ4n) is 4.35. The first-order valence-electron chi connectivity index (χ1n) is 11.7. The Morgan fingerprint density at radius 1 is 1.05 bits per heavy atom. The van der Waals surface area contributed by atoms with E-state index in [0.29, 0.717) is 34.1 Å². The third kappa shape index (κ3) is 4.61. The molecule has 11 heteroatoms. The summed E-state index contributed by atoms with van der Waals surface area (Å²) in [4.78, 5) is 38.3. The molecule has 0 fully saturated rings. The van der Waals surface area contributed by atoms with Crippen LogP contribution in [-0.2, 0) is 7.05 Å². The summed E-state index contributed by atoms with van der Waals surface area (Å²) in [5.74, 6) is 0.225. The zero-order valence-electron chi connectivity index (χ0n) is 21.0. The van der Waals surface area contributed by atoms with Crippen LogP contribution in [0.2, 0.25) is 5.15 Å². The number of halogens is 1. The van der Waals surface area contributed by atoms with E-state index in [1.165, 1.54) is 10.6 Å². The van der Waals surface area contributed by atoms with E-state index >= 15 is 0 Å². The minimum absolute atomic E-state index is 0.0805. The van der Waals surface area contributed by atoms with Gasteiger partial charge >= 0.3 is 5.97 Å². The molecule has 10 nitrogen and oxygen atoms in total. The smallest absolute Gasteiger partial charge is 0.356 e. The standard InChI is InChI=1S/C27H23ClN6O4/c1-13-11-18(14(2)29-20-9-10-21(28)31-23(20)27(36)37)22-19(12-13)26(35)34(4)25(32-22)17-7-5-16(6-8-17)24-30-15(3)38-33-24/h5-12,14,29H,1-4H3,(H,36,37)/t14-/m1/s1. The minimum atomic E-state index is -1.20. The van der Waals surface area contributed by atoms with Crippen molar-refractivity contribution in [2.24, 2.45) is 7.05 Å². The molecular weight excluding hydrogens is 508 g/mol. The molecule has 0 aliphatic heterocycles. The fraction of sp³-hybridized carbons (Fsp3) is 0.185. The maximum Gasteiger partial charge on any atom is 0.356 e. The topological polar surface area (TPSA) is 136 Å². The molecule has 3 heterocycles. The number of fused-ring (bicyclic) bond motifs is 1. The van der Waals surface area contributed by atoms with Gasteiger partial charge in [0.25, 0.3) is 5.56 Å². The van der Waals surface area contributed by atoms with E-state index in [9.17, 15) is 14.7 Å². The molecule has 0 amide bonds. The Morgan fingerprint density at radius 3 is 2.42 bits per heavy atom. The molecule has 0 saturated carbocycles. The van der Waals surface area contributed by atoms with Crippen molar-refractivity contribution in [3.05, 3.63) is 86.7 Å². The van der Waals surface area contributed by atoms with Crippen LogP contribution in [0.15, 0.2) is 57.8 Å². The number of carboxylic acid groups (broad SMARTS) is 1. The molecule has 3 aromatic heterocycles. The highest BCUT2D eigenvalue weighted by Gasteiger charge is 2.20. The molecule has 192 valence electrons. The maximum absolute atomic E-state index is 13.4. The lowest BCUT2D eigenvalue weighted by Gasteiger charge is -2.20. The Bertz CT molecular complexity index is 1760.